The van der Waals surface area contributed by atoms with Crippen molar-refractivity contribution in [1.82, 2.24) is 14.9 Å². The summed E-state index contributed by atoms with van der Waals surface area (Å²) in [7, 11) is 0. The molecule has 1 amide bonds. The van der Waals surface area contributed by atoms with Crippen molar-refractivity contribution in [2.45, 2.75) is 52.9 Å². The lowest BCUT2D eigenvalue weighted by molar-refractivity contribution is -0.138. The maximum absolute atomic E-state index is 12.8. The van der Waals surface area contributed by atoms with Gasteiger partial charge in [-0.3, -0.25) is 4.79 Å². The number of aryl methyl sites for hydroxylation is 2. The Balaban J connectivity index is 1.88. The molecular formula is C23H29N3O2. The van der Waals surface area contributed by atoms with Gasteiger partial charge < -0.3 is 9.69 Å². The third-order valence-electron chi connectivity index (χ3n) is 5.40. The molecule has 2 heterocycles. The lowest BCUT2D eigenvalue weighted by atomic mass is 9.89. The summed E-state index contributed by atoms with van der Waals surface area (Å²) < 4.78 is 0. The predicted octanol–water partition coefficient (Wildman–Crippen LogP) is 4.08. The third-order valence-corrected chi connectivity index (χ3v) is 5.40. The maximum atomic E-state index is 12.8. The van der Waals surface area contributed by atoms with E-state index in [0.717, 1.165) is 42.0 Å². The Morgan fingerprint density at radius 1 is 1.29 bits per heavy atom. The van der Waals surface area contributed by atoms with E-state index in [1.54, 1.807) is 6.92 Å². The smallest absolute Gasteiger partial charge is 0.225 e. The van der Waals surface area contributed by atoms with Crippen LogP contribution in [0, 0.1) is 19.8 Å². The number of hydrogen-bond donors (Lipinski definition) is 0. The van der Waals surface area contributed by atoms with Gasteiger partial charge in [0, 0.05) is 43.1 Å². The molecule has 28 heavy (non-hydrogen) atoms. The highest BCUT2D eigenvalue weighted by molar-refractivity contribution is 5.85. The molecule has 1 aromatic heterocycles. The van der Waals surface area contributed by atoms with Crippen molar-refractivity contribution in [1.29, 1.82) is 0 Å². The zero-order valence-corrected chi connectivity index (χ0v) is 17.2. The fourth-order valence-corrected chi connectivity index (χ4v) is 4.06. The maximum Gasteiger partial charge on any atom is 0.225 e. The molecular weight excluding hydrogens is 350 g/mol. The summed E-state index contributed by atoms with van der Waals surface area (Å²) in [6, 6.07) is 8.37. The van der Waals surface area contributed by atoms with Crippen LogP contribution in [-0.4, -0.2) is 39.6 Å². The standard InChI is InChI=1S/C23H29N3O2/c1-15-7-5-8-19(11-15)21-13-24-18(4)25-22(21)20-9-6-10-26(14-20)23(28)16(2)12-17(3)27/h5,7-8,11,13,16,20H,6,9-10,12,14H2,1-4H3. The Morgan fingerprint density at radius 2 is 2.07 bits per heavy atom. The number of rotatable bonds is 5. The van der Waals surface area contributed by atoms with Gasteiger partial charge in [-0.2, -0.15) is 0 Å². The molecule has 0 radical (unpaired) electrons. The summed E-state index contributed by atoms with van der Waals surface area (Å²) >= 11 is 0. The average Bonchev–Trinajstić information content (AvgIpc) is 2.67. The Hall–Kier alpha value is -2.56. The largest absolute Gasteiger partial charge is 0.342 e. The van der Waals surface area contributed by atoms with Gasteiger partial charge in [0.1, 0.15) is 11.6 Å². The molecule has 0 bridgehead atoms. The molecule has 0 saturated carbocycles. The van der Waals surface area contributed by atoms with Crippen molar-refractivity contribution >= 4 is 11.7 Å². The molecule has 1 saturated heterocycles. The number of aromatic nitrogens is 2. The van der Waals surface area contributed by atoms with E-state index in [9.17, 15) is 9.59 Å². The Morgan fingerprint density at radius 3 is 2.79 bits per heavy atom. The second-order valence-corrected chi connectivity index (χ2v) is 8.02. The van der Waals surface area contributed by atoms with Crippen LogP contribution in [0.25, 0.3) is 11.1 Å². The molecule has 1 aliphatic heterocycles. The quantitative estimate of drug-likeness (QED) is 0.785. The zero-order valence-electron chi connectivity index (χ0n) is 17.2. The number of hydrogen-bond acceptors (Lipinski definition) is 4. The first-order valence-electron chi connectivity index (χ1n) is 10.0. The van der Waals surface area contributed by atoms with Crippen molar-refractivity contribution in [3.63, 3.8) is 0 Å². The molecule has 0 N–H and O–H groups in total. The molecule has 5 heteroatoms. The van der Waals surface area contributed by atoms with Gasteiger partial charge in [-0.25, -0.2) is 9.97 Å². The molecule has 2 atom stereocenters. The molecule has 1 aliphatic rings. The highest BCUT2D eigenvalue weighted by Gasteiger charge is 2.30. The lowest BCUT2D eigenvalue weighted by Crippen LogP contribution is -2.42. The zero-order chi connectivity index (χ0) is 20.3. The summed E-state index contributed by atoms with van der Waals surface area (Å²) in [6.07, 6.45) is 4.16. The Labute approximate surface area is 167 Å². The van der Waals surface area contributed by atoms with Crippen molar-refractivity contribution in [2.24, 2.45) is 5.92 Å². The van der Waals surface area contributed by atoms with E-state index in [2.05, 4.69) is 36.2 Å². The fourth-order valence-electron chi connectivity index (χ4n) is 4.06. The van der Waals surface area contributed by atoms with Gasteiger partial charge >= 0.3 is 0 Å². The number of carbonyl (C=O) groups is 2. The molecule has 3 rings (SSSR count). The first-order valence-corrected chi connectivity index (χ1v) is 10.0. The number of carbonyl (C=O) groups excluding carboxylic acids is 2. The number of ketones is 1. The summed E-state index contributed by atoms with van der Waals surface area (Å²) in [5.74, 6) is 0.796. The van der Waals surface area contributed by atoms with Crippen LogP contribution in [0.1, 0.15) is 56.1 Å². The molecule has 0 aliphatic carbocycles. The molecule has 2 aromatic rings. The number of amides is 1. The Bertz CT molecular complexity index is 878. The summed E-state index contributed by atoms with van der Waals surface area (Å²) in [5, 5.41) is 0. The first kappa shape index (κ1) is 20.2. The SMILES string of the molecule is CC(=O)CC(C)C(=O)N1CCCC(c2nc(C)ncc2-c2cccc(C)c2)C1. The summed E-state index contributed by atoms with van der Waals surface area (Å²) in [4.78, 5) is 35.4. The summed E-state index contributed by atoms with van der Waals surface area (Å²) in [6.45, 7) is 8.78. The van der Waals surface area contributed by atoms with E-state index in [0.29, 0.717) is 13.0 Å². The van der Waals surface area contributed by atoms with Gasteiger partial charge in [0.15, 0.2) is 0 Å². The normalized spacial score (nSPS) is 18.0. The average molecular weight is 380 g/mol. The van der Waals surface area contributed by atoms with Crippen LogP contribution in [0.3, 0.4) is 0 Å². The van der Waals surface area contributed by atoms with E-state index in [-0.39, 0.29) is 23.5 Å². The molecule has 1 fully saturated rings. The second kappa shape index (κ2) is 8.63. The number of benzene rings is 1. The van der Waals surface area contributed by atoms with Gasteiger partial charge in [0.25, 0.3) is 0 Å². The van der Waals surface area contributed by atoms with Gasteiger partial charge in [-0.05, 0) is 39.2 Å². The minimum Gasteiger partial charge on any atom is -0.342 e. The number of nitrogens with zero attached hydrogens (tertiary/aromatic N) is 3. The second-order valence-electron chi connectivity index (χ2n) is 8.02. The van der Waals surface area contributed by atoms with Crippen LogP contribution in [-0.2, 0) is 9.59 Å². The summed E-state index contributed by atoms with van der Waals surface area (Å²) in [5.41, 5.74) is 4.38. The first-order chi connectivity index (χ1) is 13.3. The van der Waals surface area contributed by atoms with Crippen molar-refractivity contribution in [2.75, 3.05) is 13.1 Å². The highest BCUT2D eigenvalue weighted by atomic mass is 16.2. The fraction of sp³-hybridized carbons (Fsp3) is 0.478. The van der Waals surface area contributed by atoms with Crippen LogP contribution in [0.2, 0.25) is 0 Å². The molecule has 2 unspecified atom stereocenters. The van der Waals surface area contributed by atoms with Crippen LogP contribution in [0.5, 0.6) is 0 Å². The van der Waals surface area contributed by atoms with Gasteiger partial charge in [-0.15, -0.1) is 0 Å². The number of Topliss-reactive ketones (excluding diaryl/α,β-unsaturated/α-hetero) is 1. The van der Waals surface area contributed by atoms with E-state index in [1.165, 1.54) is 5.56 Å². The van der Waals surface area contributed by atoms with Crippen molar-refractivity contribution in [3.8, 4) is 11.1 Å². The predicted molar refractivity (Wildman–Crippen MR) is 110 cm³/mol. The van der Waals surface area contributed by atoms with Gasteiger partial charge in [0.2, 0.25) is 5.91 Å². The van der Waals surface area contributed by atoms with Crippen molar-refractivity contribution < 1.29 is 9.59 Å². The minimum absolute atomic E-state index is 0.0579. The molecule has 1 aromatic carbocycles. The van der Waals surface area contributed by atoms with Crippen LogP contribution < -0.4 is 0 Å². The van der Waals surface area contributed by atoms with Gasteiger partial charge in [0.05, 0.1) is 5.69 Å². The van der Waals surface area contributed by atoms with Crippen LogP contribution in [0.15, 0.2) is 30.5 Å². The van der Waals surface area contributed by atoms with E-state index in [1.807, 2.05) is 24.9 Å². The highest BCUT2D eigenvalue weighted by Crippen LogP contribution is 2.33. The van der Waals surface area contributed by atoms with E-state index >= 15 is 0 Å². The van der Waals surface area contributed by atoms with Crippen molar-refractivity contribution in [3.05, 3.63) is 47.5 Å². The molecule has 148 valence electrons. The molecule has 0 spiro atoms. The Kier molecular flexibility index (Phi) is 6.22. The van der Waals surface area contributed by atoms with E-state index < -0.39 is 0 Å². The lowest BCUT2D eigenvalue weighted by Gasteiger charge is -2.34. The van der Waals surface area contributed by atoms with Gasteiger partial charge in [-0.1, -0.05) is 36.8 Å². The number of likely N-dealkylation sites (tertiary alicyclic amines) is 1. The van der Waals surface area contributed by atoms with E-state index in [4.69, 9.17) is 4.98 Å². The van der Waals surface area contributed by atoms with Crippen LogP contribution in [0.4, 0.5) is 0 Å². The number of piperidine rings is 1. The molecule has 5 nitrogen and oxygen atoms in total. The topological polar surface area (TPSA) is 63.2 Å². The monoisotopic (exact) mass is 379 g/mol. The van der Waals surface area contributed by atoms with Crippen LogP contribution >= 0.6 is 0 Å². The minimum atomic E-state index is -0.264. The third kappa shape index (κ3) is 4.64.